The Labute approximate surface area is 109 Å². The van der Waals surface area contributed by atoms with E-state index < -0.39 is 53.4 Å². The van der Waals surface area contributed by atoms with Gasteiger partial charge in [0.15, 0.2) is 0 Å². The van der Waals surface area contributed by atoms with Gasteiger partial charge in [-0.3, -0.25) is 10.2 Å². The molecule has 0 amide bonds. The molecule has 0 spiro atoms. The van der Waals surface area contributed by atoms with Crippen LogP contribution in [-0.4, -0.2) is 35.4 Å². The van der Waals surface area contributed by atoms with Crippen molar-refractivity contribution in [2.45, 2.75) is 12.1 Å². The second kappa shape index (κ2) is 4.29. The topological polar surface area (TPSA) is 73.2 Å². The Balaban J connectivity index is 2.43. The molecule has 0 bridgehead atoms. The summed E-state index contributed by atoms with van der Waals surface area (Å²) in [6, 6.07) is 0. The first-order valence-corrected chi connectivity index (χ1v) is 5.49. The maximum atomic E-state index is 13.9. The lowest BCUT2D eigenvalue weighted by atomic mass is 9.79. The second-order valence-corrected chi connectivity index (χ2v) is 4.47. The zero-order valence-corrected chi connectivity index (χ0v) is 9.76. The summed E-state index contributed by atoms with van der Waals surface area (Å²) in [5.74, 6) is -7.80. The molecule has 0 unspecified atom stereocenters. The van der Waals surface area contributed by atoms with Crippen LogP contribution in [0.2, 0.25) is 0 Å². The van der Waals surface area contributed by atoms with Crippen LogP contribution in [0.5, 0.6) is 0 Å². The van der Waals surface area contributed by atoms with Crippen LogP contribution < -0.4 is 5.32 Å². The van der Waals surface area contributed by atoms with Crippen LogP contribution in [0.15, 0.2) is 23.4 Å². The number of aliphatic carboxylic acids is 1. The molecule has 0 aromatic heterocycles. The molecule has 0 aromatic rings. The molecule has 110 valence electrons. The number of rotatable bonds is 4. The number of hydrogen-bond acceptors (Lipinski definition) is 3. The Hall–Kier alpha value is -1.93. The zero-order valence-electron chi connectivity index (χ0n) is 9.76. The van der Waals surface area contributed by atoms with Crippen molar-refractivity contribution >= 4 is 11.7 Å². The van der Waals surface area contributed by atoms with Gasteiger partial charge in [0.05, 0.1) is 11.6 Å². The quantitative estimate of drug-likeness (QED) is 0.422. The molecule has 2 aliphatic rings. The molecule has 9 heteroatoms. The van der Waals surface area contributed by atoms with Gasteiger partial charge in [-0.05, 0) is 0 Å². The SMILES string of the molecule is N=C(C1=C(NCC(=O)O)C(F)(F)[C@@H]2C=C[C@H]12)C(F)(F)F. The summed E-state index contributed by atoms with van der Waals surface area (Å²) in [7, 11) is 0. The van der Waals surface area contributed by atoms with E-state index in [1.54, 1.807) is 0 Å². The Morgan fingerprint density at radius 2 is 2.00 bits per heavy atom. The van der Waals surface area contributed by atoms with Crippen molar-refractivity contribution in [2.75, 3.05) is 6.54 Å². The molecular formula is C11H9F5N2O2. The average Bonchev–Trinajstić information content (AvgIpc) is 2.35. The Bertz CT molecular complexity index is 535. The number of carboxylic acid groups (broad SMARTS) is 1. The fourth-order valence-electron chi connectivity index (χ4n) is 2.29. The molecule has 2 atom stereocenters. The molecule has 2 rings (SSSR count). The highest BCUT2D eigenvalue weighted by atomic mass is 19.4. The van der Waals surface area contributed by atoms with E-state index in [1.807, 2.05) is 5.32 Å². The van der Waals surface area contributed by atoms with Gasteiger partial charge in [0.1, 0.15) is 12.3 Å². The molecule has 0 aromatic carbocycles. The third-order valence-electron chi connectivity index (χ3n) is 3.24. The molecule has 0 radical (unpaired) electrons. The molecule has 0 saturated heterocycles. The first-order chi connectivity index (χ1) is 9.06. The molecule has 0 heterocycles. The summed E-state index contributed by atoms with van der Waals surface area (Å²) in [6.07, 6.45) is -2.85. The molecule has 0 saturated carbocycles. The fourth-order valence-corrected chi connectivity index (χ4v) is 2.29. The maximum Gasteiger partial charge on any atom is 0.433 e. The van der Waals surface area contributed by atoms with Crippen molar-refractivity contribution in [3.63, 3.8) is 0 Å². The number of halogens is 5. The second-order valence-electron chi connectivity index (χ2n) is 4.47. The monoisotopic (exact) mass is 296 g/mol. The summed E-state index contributed by atoms with van der Waals surface area (Å²) >= 11 is 0. The maximum absolute atomic E-state index is 13.9. The van der Waals surface area contributed by atoms with Gasteiger partial charge in [-0.2, -0.15) is 22.0 Å². The van der Waals surface area contributed by atoms with Crippen molar-refractivity contribution in [1.29, 1.82) is 5.41 Å². The number of carbonyl (C=O) groups is 1. The van der Waals surface area contributed by atoms with E-state index in [1.165, 1.54) is 0 Å². The number of hydrogen-bond donors (Lipinski definition) is 3. The molecular weight excluding hydrogens is 287 g/mol. The molecule has 3 N–H and O–H groups in total. The summed E-state index contributed by atoms with van der Waals surface area (Å²) in [4.78, 5) is 10.4. The Morgan fingerprint density at radius 3 is 2.40 bits per heavy atom. The Kier molecular flexibility index (Phi) is 3.10. The van der Waals surface area contributed by atoms with E-state index in [2.05, 4.69) is 0 Å². The smallest absolute Gasteiger partial charge is 0.433 e. The van der Waals surface area contributed by atoms with Crippen LogP contribution in [0.4, 0.5) is 22.0 Å². The number of allylic oxidation sites excluding steroid dienone is 4. The van der Waals surface area contributed by atoms with Crippen LogP contribution in [0.3, 0.4) is 0 Å². The number of fused-ring (bicyclic) bond motifs is 1. The highest BCUT2D eigenvalue weighted by Gasteiger charge is 2.60. The van der Waals surface area contributed by atoms with E-state index in [9.17, 15) is 26.7 Å². The molecule has 4 nitrogen and oxygen atoms in total. The van der Waals surface area contributed by atoms with Crippen molar-refractivity contribution in [1.82, 2.24) is 5.32 Å². The predicted molar refractivity (Wildman–Crippen MR) is 57.5 cm³/mol. The van der Waals surface area contributed by atoms with Gasteiger partial charge in [-0.1, -0.05) is 12.2 Å². The minimum atomic E-state index is -5.07. The summed E-state index contributed by atoms with van der Waals surface area (Å²) < 4.78 is 65.6. The van der Waals surface area contributed by atoms with Gasteiger partial charge < -0.3 is 10.4 Å². The van der Waals surface area contributed by atoms with Gasteiger partial charge in [0.2, 0.25) is 0 Å². The van der Waals surface area contributed by atoms with Gasteiger partial charge >= 0.3 is 12.1 Å². The number of alkyl halides is 5. The molecule has 0 fully saturated rings. The van der Waals surface area contributed by atoms with Crippen LogP contribution >= 0.6 is 0 Å². The fraction of sp³-hybridized carbons (Fsp3) is 0.455. The van der Waals surface area contributed by atoms with E-state index in [0.717, 1.165) is 12.2 Å². The van der Waals surface area contributed by atoms with Crippen LogP contribution in [0.25, 0.3) is 0 Å². The minimum absolute atomic E-state index is 0.878. The standard InChI is InChI=1S/C11H9F5N2O2/c12-10(13)5-2-1-4(5)7(8(17)11(14,15)16)9(10)18-3-6(19)20/h1-2,4-5,17-18H,3H2,(H,19,20)/t4-,5+/m0/s1. The molecule has 0 aliphatic heterocycles. The lowest BCUT2D eigenvalue weighted by molar-refractivity contribution is -0.136. The van der Waals surface area contributed by atoms with Crippen molar-refractivity contribution in [2.24, 2.45) is 11.8 Å². The zero-order chi connectivity index (χ0) is 15.3. The average molecular weight is 296 g/mol. The predicted octanol–water partition coefficient (Wildman–Crippen LogP) is 1.95. The van der Waals surface area contributed by atoms with E-state index >= 15 is 0 Å². The first kappa shape index (κ1) is 14.5. The number of carboxylic acids is 1. The van der Waals surface area contributed by atoms with Crippen molar-refractivity contribution in [3.05, 3.63) is 23.4 Å². The third-order valence-corrected chi connectivity index (χ3v) is 3.24. The first-order valence-electron chi connectivity index (χ1n) is 5.49. The normalized spacial score (nSPS) is 27.1. The van der Waals surface area contributed by atoms with E-state index in [0.29, 0.717) is 0 Å². The summed E-state index contributed by atoms with van der Waals surface area (Å²) in [5.41, 5.74) is -3.87. The summed E-state index contributed by atoms with van der Waals surface area (Å²) in [5, 5.41) is 17.3. The van der Waals surface area contributed by atoms with Crippen LogP contribution in [-0.2, 0) is 4.79 Å². The molecule has 20 heavy (non-hydrogen) atoms. The highest BCUT2D eigenvalue weighted by molar-refractivity contribution is 6.04. The Morgan fingerprint density at radius 1 is 1.40 bits per heavy atom. The molecule has 2 aliphatic carbocycles. The van der Waals surface area contributed by atoms with Crippen LogP contribution in [0.1, 0.15) is 0 Å². The van der Waals surface area contributed by atoms with Gasteiger partial charge in [-0.15, -0.1) is 0 Å². The van der Waals surface area contributed by atoms with E-state index in [4.69, 9.17) is 10.5 Å². The minimum Gasteiger partial charge on any atom is -0.480 e. The number of nitrogens with one attached hydrogen (secondary N) is 2. The van der Waals surface area contributed by atoms with Gasteiger partial charge in [0.25, 0.3) is 5.92 Å². The largest absolute Gasteiger partial charge is 0.480 e. The lowest BCUT2D eigenvalue weighted by Gasteiger charge is -2.28. The third kappa shape index (κ3) is 2.06. The van der Waals surface area contributed by atoms with Gasteiger partial charge in [0, 0.05) is 11.5 Å². The lowest BCUT2D eigenvalue weighted by Crippen LogP contribution is -2.37. The highest BCUT2D eigenvalue weighted by Crippen LogP contribution is 2.54. The van der Waals surface area contributed by atoms with Crippen LogP contribution in [0, 0.1) is 17.2 Å². The van der Waals surface area contributed by atoms with E-state index in [-0.39, 0.29) is 0 Å². The van der Waals surface area contributed by atoms with Gasteiger partial charge in [-0.25, -0.2) is 0 Å². The van der Waals surface area contributed by atoms with Crippen molar-refractivity contribution < 1.29 is 31.9 Å². The van der Waals surface area contributed by atoms with Crippen molar-refractivity contribution in [3.8, 4) is 0 Å². The summed E-state index contributed by atoms with van der Waals surface area (Å²) in [6.45, 7) is -0.945.